The Balaban J connectivity index is 1.42. The van der Waals surface area contributed by atoms with Gasteiger partial charge in [0.1, 0.15) is 11.5 Å². The highest BCUT2D eigenvalue weighted by Gasteiger charge is 2.16. The van der Waals surface area contributed by atoms with Gasteiger partial charge in [-0.05, 0) is 48.5 Å². The van der Waals surface area contributed by atoms with E-state index in [4.69, 9.17) is 9.15 Å². The maximum absolute atomic E-state index is 12.7. The van der Waals surface area contributed by atoms with Crippen LogP contribution >= 0.6 is 11.3 Å². The van der Waals surface area contributed by atoms with Crippen molar-refractivity contribution in [2.75, 3.05) is 0 Å². The van der Waals surface area contributed by atoms with E-state index in [0.717, 1.165) is 4.88 Å². The summed E-state index contributed by atoms with van der Waals surface area (Å²) in [5.74, 6) is 1.03. The van der Waals surface area contributed by atoms with Gasteiger partial charge in [-0.25, -0.2) is 0 Å². The smallest absolute Gasteiger partial charge is 0.255 e. The van der Waals surface area contributed by atoms with Crippen molar-refractivity contribution in [3.63, 3.8) is 0 Å². The van der Waals surface area contributed by atoms with Crippen molar-refractivity contribution in [3.8, 4) is 11.5 Å². The lowest BCUT2D eigenvalue weighted by molar-refractivity contribution is 0.0948. The van der Waals surface area contributed by atoms with Crippen LogP contribution in [0.4, 0.5) is 0 Å². The number of furan rings is 1. The number of amides is 1. The molecule has 144 valence electrons. The van der Waals surface area contributed by atoms with Crippen molar-refractivity contribution in [2.45, 2.75) is 6.54 Å². The van der Waals surface area contributed by atoms with Crippen molar-refractivity contribution in [2.24, 2.45) is 0 Å². The molecule has 0 atom stereocenters. The molecule has 2 aromatic heterocycles. The van der Waals surface area contributed by atoms with E-state index in [9.17, 15) is 9.59 Å². The molecule has 5 nitrogen and oxygen atoms in total. The van der Waals surface area contributed by atoms with Gasteiger partial charge in [0.2, 0.25) is 5.78 Å². The number of carbonyl (C=O) groups excluding carboxylic acids is 2. The Bertz CT molecular complexity index is 1120. The molecule has 2 heterocycles. The van der Waals surface area contributed by atoms with E-state index in [1.165, 1.54) is 17.6 Å². The summed E-state index contributed by atoms with van der Waals surface area (Å²) in [6.45, 7) is 0.314. The summed E-state index contributed by atoms with van der Waals surface area (Å²) < 4.78 is 11.0. The Morgan fingerprint density at radius 3 is 2.48 bits per heavy atom. The molecular formula is C23H17NO4S. The summed E-state index contributed by atoms with van der Waals surface area (Å²) in [6, 6.07) is 23.3. The number of hydrogen-bond acceptors (Lipinski definition) is 5. The van der Waals surface area contributed by atoms with E-state index in [0.29, 0.717) is 34.2 Å². The zero-order valence-corrected chi connectivity index (χ0v) is 16.1. The van der Waals surface area contributed by atoms with Crippen LogP contribution < -0.4 is 10.1 Å². The van der Waals surface area contributed by atoms with Crippen LogP contribution in [0.1, 0.15) is 30.7 Å². The number of thiophene rings is 1. The summed E-state index contributed by atoms with van der Waals surface area (Å²) in [6.07, 6.45) is 1.47. The highest BCUT2D eigenvalue weighted by Crippen LogP contribution is 2.25. The van der Waals surface area contributed by atoms with E-state index in [1.807, 2.05) is 42.5 Å². The van der Waals surface area contributed by atoms with Gasteiger partial charge in [0.15, 0.2) is 5.76 Å². The fourth-order valence-corrected chi connectivity index (χ4v) is 3.64. The molecule has 0 saturated carbocycles. The molecule has 0 bridgehead atoms. The van der Waals surface area contributed by atoms with Crippen LogP contribution in [0.2, 0.25) is 0 Å². The molecule has 6 heteroatoms. The molecule has 1 amide bonds. The lowest BCUT2D eigenvalue weighted by atomic mass is 10.2. The summed E-state index contributed by atoms with van der Waals surface area (Å²) in [5.41, 5.74) is 0.444. The zero-order valence-electron chi connectivity index (χ0n) is 15.3. The number of hydrogen-bond donors (Lipinski definition) is 1. The van der Waals surface area contributed by atoms with Gasteiger partial charge in [-0.15, -0.1) is 11.3 Å². The molecule has 0 fully saturated rings. The predicted molar refractivity (Wildman–Crippen MR) is 111 cm³/mol. The maximum atomic E-state index is 12.7. The first kappa shape index (κ1) is 18.7. The van der Waals surface area contributed by atoms with Crippen molar-refractivity contribution >= 4 is 23.0 Å². The Kier molecular flexibility index (Phi) is 5.54. The highest BCUT2D eigenvalue weighted by molar-refractivity contribution is 7.14. The molecule has 0 radical (unpaired) electrons. The Morgan fingerprint density at radius 1 is 0.897 bits per heavy atom. The van der Waals surface area contributed by atoms with Crippen LogP contribution in [0.5, 0.6) is 11.5 Å². The Hall–Kier alpha value is -3.64. The normalized spacial score (nSPS) is 10.5. The monoisotopic (exact) mass is 403 g/mol. The number of carbonyl (C=O) groups is 2. The van der Waals surface area contributed by atoms with E-state index in [1.54, 1.807) is 36.4 Å². The van der Waals surface area contributed by atoms with Crippen molar-refractivity contribution in [1.82, 2.24) is 5.32 Å². The van der Waals surface area contributed by atoms with E-state index < -0.39 is 0 Å². The van der Waals surface area contributed by atoms with Gasteiger partial charge in [-0.3, -0.25) is 9.59 Å². The average Bonchev–Trinajstić information content (AvgIpc) is 3.45. The average molecular weight is 403 g/mol. The van der Waals surface area contributed by atoms with Gasteiger partial charge in [0.25, 0.3) is 5.91 Å². The molecule has 1 N–H and O–H groups in total. The van der Waals surface area contributed by atoms with Crippen molar-refractivity contribution < 1.29 is 18.7 Å². The van der Waals surface area contributed by atoms with Crippen LogP contribution in [0.25, 0.3) is 0 Å². The molecule has 4 rings (SSSR count). The fraction of sp³-hybridized carbons (Fsp3) is 0.0435. The third-order valence-corrected chi connectivity index (χ3v) is 5.24. The third kappa shape index (κ3) is 4.44. The fourth-order valence-electron chi connectivity index (χ4n) is 2.75. The minimum Gasteiger partial charge on any atom is -0.461 e. The molecule has 4 aromatic rings. The van der Waals surface area contributed by atoms with E-state index >= 15 is 0 Å². The molecule has 0 aliphatic heterocycles. The standard InChI is InChI=1S/C23H17NO4S/c25-22(20-11-6-14-27-20)21-13-12-17(29-21)15-24-23(26)18-9-4-5-10-19(18)28-16-7-2-1-3-8-16/h1-14H,15H2,(H,24,26). The van der Waals surface area contributed by atoms with Crippen LogP contribution in [-0.4, -0.2) is 11.7 Å². The maximum Gasteiger partial charge on any atom is 0.255 e. The SMILES string of the molecule is O=C(c1ccco1)c1ccc(CNC(=O)c2ccccc2Oc2ccccc2)s1. The number of ether oxygens (including phenoxy) is 1. The largest absolute Gasteiger partial charge is 0.461 e. The molecule has 2 aromatic carbocycles. The van der Waals surface area contributed by atoms with E-state index in [-0.39, 0.29) is 11.7 Å². The summed E-state index contributed by atoms with van der Waals surface area (Å²) in [7, 11) is 0. The summed E-state index contributed by atoms with van der Waals surface area (Å²) >= 11 is 1.33. The van der Waals surface area contributed by atoms with Crippen LogP contribution in [0, 0.1) is 0 Å². The lowest BCUT2D eigenvalue weighted by Gasteiger charge is -2.11. The second-order valence-electron chi connectivity index (χ2n) is 6.17. The zero-order chi connectivity index (χ0) is 20.1. The quantitative estimate of drug-likeness (QED) is 0.426. The summed E-state index contributed by atoms with van der Waals surface area (Å²) in [5, 5.41) is 2.89. The minimum absolute atomic E-state index is 0.167. The Labute approximate surface area is 171 Å². The molecule has 0 unspecified atom stereocenters. The second-order valence-corrected chi connectivity index (χ2v) is 7.33. The van der Waals surface area contributed by atoms with Crippen LogP contribution in [-0.2, 0) is 6.54 Å². The van der Waals surface area contributed by atoms with Gasteiger partial charge in [0, 0.05) is 4.88 Å². The number of ketones is 1. The first-order chi connectivity index (χ1) is 14.2. The predicted octanol–water partition coefficient (Wildman–Crippen LogP) is 5.29. The van der Waals surface area contributed by atoms with Gasteiger partial charge < -0.3 is 14.5 Å². The first-order valence-electron chi connectivity index (χ1n) is 8.98. The second kappa shape index (κ2) is 8.58. The summed E-state index contributed by atoms with van der Waals surface area (Å²) in [4.78, 5) is 26.4. The Morgan fingerprint density at radius 2 is 1.69 bits per heavy atom. The van der Waals surface area contributed by atoms with Gasteiger partial charge >= 0.3 is 0 Å². The van der Waals surface area contributed by atoms with Crippen molar-refractivity contribution in [3.05, 3.63) is 106 Å². The van der Waals surface area contributed by atoms with Crippen molar-refractivity contribution in [1.29, 1.82) is 0 Å². The number of benzene rings is 2. The minimum atomic E-state index is -0.246. The molecule has 0 spiro atoms. The first-order valence-corrected chi connectivity index (χ1v) is 9.79. The van der Waals surface area contributed by atoms with Gasteiger partial charge in [-0.2, -0.15) is 0 Å². The third-order valence-electron chi connectivity index (χ3n) is 4.16. The lowest BCUT2D eigenvalue weighted by Crippen LogP contribution is -2.22. The highest BCUT2D eigenvalue weighted by atomic mass is 32.1. The van der Waals surface area contributed by atoms with Gasteiger partial charge in [0.05, 0.1) is 23.2 Å². The molecule has 0 aliphatic rings. The van der Waals surface area contributed by atoms with Crippen LogP contribution in [0.15, 0.2) is 89.5 Å². The molecular weight excluding hydrogens is 386 g/mol. The number of para-hydroxylation sites is 2. The number of rotatable bonds is 7. The topological polar surface area (TPSA) is 68.5 Å². The molecule has 0 aliphatic carbocycles. The number of nitrogens with one attached hydrogen (secondary N) is 1. The van der Waals surface area contributed by atoms with Gasteiger partial charge in [-0.1, -0.05) is 30.3 Å². The molecule has 0 saturated heterocycles. The van der Waals surface area contributed by atoms with Crippen LogP contribution in [0.3, 0.4) is 0 Å². The van der Waals surface area contributed by atoms with E-state index in [2.05, 4.69) is 5.32 Å². The molecule has 29 heavy (non-hydrogen) atoms.